The first-order valence-corrected chi connectivity index (χ1v) is 6.99. The molecule has 0 aliphatic rings. The van der Waals surface area contributed by atoms with Crippen LogP contribution in [0, 0.1) is 0 Å². The largest absolute Gasteiger partial charge is 0.302 e. The SMILES string of the molecule is CCCCCC(=O)NC(=S)NNC(=O)c1ccccc1. The Morgan fingerprint density at radius 3 is 2.45 bits per heavy atom. The summed E-state index contributed by atoms with van der Waals surface area (Å²) < 4.78 is 0. The van der Waals surface area contributed by atoms with Gasteiger partial charge in [-0.3, -0.25) is 20.4 Å². The molecule has 0 fully saturated rings. The number of carbonyl (C=O) groups is 2. The van der Waals surface area contributed by atoms with Crippen LogP contribution in [0.5, 0.6) is 0 Å². The van der Waals surface area contributed by atoms with E-state index in [1.807, 2.05) is 6.07 Å². The van der Waals surface area contributed by atoms with E-state index in [4.69, 9.17) is 12.2 Å². The number of hydrogen-bond acceptors (Lipinski definition) is 3. The second kappa shape index (κ2) is 9.03. The minimum Gasteiger partial charge on any atom is -0.302 e. The molecule has 0 heterocycles. The molecule has 0 bridgehead atoms. The summed E-state index contributed by atoms with van der Waals surface area (Å²) in [6, 6.07) is 8.73. The van der Waals surface area contributed by atoms with Gasteiger partial charge in [-0.25, -0.2) is 0 Å². The molecule has 6 heteroatoms. The van der Waals surface area contributed by atoms with Crippen LogP contribution in [-0.4, -0.2) is 16.9 Å². The molecule has 0 aliphatic carbocycles. The van der Waals surface area contributed by atoms with Crippen molar-refractivity contribution in [1.82, 2.24) is 16.2 Å². The van der Waals surface area contributed by atoms with Crippen molar-refractivity contribution in [2.75, 3.05) is 0 Å². The Morgan fingerprint density at radius 1 is 1.10 bits per heavy atom. The summed E-state index contributed by atoms with van der Waals surface area (Å²) in [6.45, 7) is 2.07. The quantitative estimate of drug-likeness (QED) is 0.440. The lowest BCUT2D eigenvalue weighted by molar-refractivity contribution is -0.119. The van der Waals surface area contributed by atoms with E-state index in [1.165, 1.54) is 0 Å². The Balaban J connectivity index is 2.26. The van der Waals surface area contributed by atoms with Crippen molar-refractivity contribution in [3.8, 4) is 0 Å². The molecule has 0 aromatic heterocycles. The van der Waals surface area contributed by atoms with Crippen LogP contribution in [0.1, 0.15) is 43.0 Å². The normalized spacial score (nSPS) is 9.65. The molecule has 0 unspecified atom stereocenters. The van der Waals surface area contributed by atoms with Crippen LogP contribution in [0.4, 0.5) is 0 Å². The maximum atomic E-state index is 11.7. The number of carbonyl (C=O) groups excluding carboxylic acids is 2. The molecule has 108 valence electrons. The second-order valence-corrected chi connectivity index (χ2v) is 4.69. The number of thiocarbonyl (C=S) groups is 1. The zero-order chi connectivity index (χ0) is 14.8. The molecule has 0 saturated heterocycles. The molecule has 2 amide bonds. The van der Waals surface area contributed by atoms with Gasteiger partial charge in [0.05, 0.1) is 0 Å². The van der Waals surface area contributed by atoms with Gasteiger partial charge in [0.25, 0.3) is 5.91 Å². The Hall–Kier alpha value is -1.95. The van der Waals surface area contributed by atoms with Gasteiger partial charge in [0.2, 0.25) is 5.91 Å². The summed E-state index contributed by atoms with van der Waals surface area (Å²) in [5.74, 6) is -0.460. The first kappa shape index (κ1) is 16.1. The van der Waals surface area contributed by atoms with Gasteiger partial charge in [-0.05, 0) is 30.8 Å². The summed E-state index contributed by atoms with van der Waals surface area (Å²) in [4.78, 5) is 23.2. The maximum absolute atomic E-state index is 11.7. The summed E-state index contributed by atoms with van der Waals surface area (Å²) in [7, 11) is 0. The number of unbranched alkanes of at least 4 members (excludes halogenated alkanes) is 2. The third-order valence-corrected chi connectivity index (χ3v) is 2.79. The van der Waals surface area contributed by atoms with Crippen LogP contribution in [0.15, 0.2) is 30.3 Å². The highest BCUT2D eigenvalue weighted by Crippen LogP contribution is 1.98. The van der Waals surface area contributed by atoms with Crippen LogP contribution < -0.4 is 16.2 Å². The molecule has 3 N–H and O–H groups in total. The summed E-state index contributed by atoms with van der Waals surface area (Å²) in [5.41, 5.74) is 5.44. The smallest absolute Gasteiger partial charge is 0.269 e. The summed E-state index contributed by atoms with van der Waals surface area (Å²) in [5, 5.41) is 2.61. The van der Waals surface area contributed by atoms with Crippen LogP contribution >= 0.6 is 12.2 Å². The van der Waals surface area contributed by atoms with Crippen molar-refractivity contribution in [2.24, 2.45) is 0 Å². The van der Waals surface area contributed by atoms with E-state index in [2.05, 4.69) is 23.1 Å². The minimum absolute atomic E-state index is 0.0933. The molecule has 0 aliphatic heterocycles. The fraction of sp³-hybridized carbons (Fsp3) is 0.357. The molecule has 0 atom stereocenters. The van der Waals surface area contributed by atoms with Gasteiger partial charge in [0.1, 0.15) is 0 Å². The van der Waals surface area contributed by atoms with Gasteiger partial charge < -0.3 is 5.32 Å². The summed E-state index contributed by atoms with van der Waals surface area (Å²) in [6.07, 6.45) is 3.34. The molecule has 0 saturated carbocycles. The summed E-state index contributed by atoms with van der Waals surface area (Å²) >= 11 is 4.92. The fourth-order valence-electron chi connectivity index (χ4n) is 1.53. The van der Waals surface area contributed by atoms with Crippen LogP contribution in [0.3, 0.4) is 0 Å². The lowest BCUT2D eigenvalue weighted by Crippen LogP contribution is -2.48. The number of hydrogen-bond donors (Lipinski definition) is 3. The maximum Gasteiger partial charge on any atom is 0.269 e. The van der Waals surface area contributed by atoms with Crippen molar-refractivity contribution in [2.45, 2.75) is 32.6 Å². The Labute approximate surface area is 124 Å². The van der Waals surface area contributed by atoms with E-state index < -0.39 is 0 Å². The van der Waals surface area contributed by atoms with E-state index >= 15 is 0 Å². The Morgan fingerprint density at radius 2 is 1.80 bits per heavy atom. The highest BCUT2D eigenvalue weighted by atomic mass is 32.1. The number of benzene rings is 1. The van der Waals surface area contributed by atoms with Crippen molar-refractivity contribution >= 4 is 29.1 Å². The van der Waals surface area contributed by atoms with Crippen molar-refractivity contribution < 1.29 is 9.59 Å². The third-order valence-electron chi connectivity index (χ3n) is 2.59. The van der Waals surface area contributed by atoms with Crippen molar-refractivity contribution in [1.29, 1.82) is 0 Å². The standard InChI is InChI=1S/C14H19N3O2S/c1-2-3-5-10-12(18)15-14(20)17-16-13(19)11-8-6-4-7-9-11/h4,6-9H,2-3,5,10H2,1H3,(H,16,19)(H2,15,17,18,20). The van der Waals surface area contributed by atoms with Gasteiger partial charge in [-0.1, -0.05) is 38.0 Å². The zero-order valence-corrected chi connectivity index (χ0v) is 12.3. The number of rotatable bonds is 5. The first-order valence-electron chi connectivity index (χ1n) is 6.58. The predicted octanol–water partition coefficient (Wildman–Crippen LogP) is 1.90. The van der Waals surface area contributed by atoms with Gasteiger partial charge >= 0.3 is 0 Å². The lowest BCUT2D eigenvalue weighted by atomic mass is 10.2. The molecule has 1 aromatic carbocycles. The molecule has 1 aromatic rings. The van der Waals surface area contributed by atoms with E-state index in [0.29, 0.717) is 12.0 Å². The van der Waals surface area contributed by atoms with Gasteiger partial charge in [0.15, 0.2) is 5.11 Å². The van der Waals surface area contributed by atoms with Crippen molar-refractivity contribution in [3.63, 3.8) is 0 Å². The average Bonchev–Trinajstić information content (AvgIpc) is 2.46. The molecule has 0 spiro atoms. The van der Waals surface area contributed by atoms with Crippen LogP contribution in [0.2, 0.25) is 0 Å². The average molecular weight is 293 g/mol. The van der Waals surface area contributed by atoms with E-state index in [1.54, 1.807) is 24.3 Å². The van der Waals surface area contributed by atoms with Gasteiger partial charge in [0, 0.05) is 12.0 Å². The Bertz CT molecular complexity index is 463. The molecular formula is C14H19N3O2S. The highest BCUT2D eigenvalue weighted by Gasteiger charge is 2.06. The third kappa shape index (κ3) is 6.29. The van der Waals surface area contributed by atoms with E-state index in [-0.39, 0.29) is 16.9 Å². The zero-order valence-electron chi connectivity index (χ0n) is 11.4. The number of amides is 2. The fourth-order valence-corrected chi connectivity index (χ4v) is 1.70. The van der Waals surface area contributed by atoms with Crippen LogP contribution in [0.25, 0.3) is 0 Å². The molecule has 1 rings (SSSR count). The molecule has 0 radical (unpaired) electrons. The van der Waals surface area contributed by atoms with Crippen molar-refractivity contribution in [3.05, 3.63) is 35.9 Å². The monoisotopic (exact) mass is 293 g/mol. The molecule has 20 heavy (non-hydrogen) atoms. The molecule has 5 nitrogen and oxygen atoms in total. The van der Waals surface area contributed by atoms with Gasteiger partial charge in [-0.15, -0.1) is 0 Å². The lowest BCUT2D eigenvalue weighted by Gasteiger charge is -2.10. The van der Waals surface area contributed by atoms with Gasteiger partial charge in [-0.2, -0.15) is 0 Å². The predicted molar refractivity (Wildman–Crippen MR) is 81.9 cm³/mol. The Kier molecular flexibility index (Phi) is 7.27. The van der Waals surface area contributed by atoms with E-state index in [9.17, 15) is 9.59 Å². The highest BCUT2D eigenvalue weighted by molar-refractivity contribution is 7.80. The topological polar surface area (TPSA) is 70.2 Å². The number of nitrogens with one attached hydrogen (secondary N) is 3. The minimum atomic E-state index is -0.312. The van der Waals surface area contributed by atoms with Crippen LogP contribution in [-0.2, 0) is 4.79 Å². The first-order chi connectivity index (χ1) is 9.63. The number of hydrazine groups is 1. The molecular weight excluding hydrogens is 274 g/mol. The second-order valence-electron chi connectivity index (χ2n) is 4.28. The van der Waals surface area contributed by atoms with E-state index in [0.717, 1.165) is 19.3 Å².